The van der Waals surface area contributed by atoms with Crippen molar-refractivity contribution in [1.82, 2.24) is 4.72 Å². The van der Waals surface area contributed by atoms with E-state index in [1.807, 2.05) is 20.8 Å². The SMILES string of the molecule is CC(C)(C)S(=O)N[C@@](C)(CCO)c1cccc(F)c1Cl. The van der Waals surface area contributed by atoms with E-state index in [-0.39, 0.29) is 18.1 Å². The molecule has 0 heterocycles. The van der Waals surface area contributed by atoms with Crippen molar-refractivity contribution in [1.29, 1.82) is 0 Å². The monoisotopic (exact) mass is 321 g/mol. The standard InChI is InChI=1S/C14H21ClFNO2S/c1-13(2,3)20(19)17-14(4,8-9-18)10-6-5-7-11(16)12(10)15/h5-7,17-18H,8-9H2,1-4H3/t14-,20?/m0/s1. The van der Waals surface area contributed by atoms with Gasteiger partial charge >= 0.3 is 0 Å². The molecule has 0 fully saturated rings. The summed E-state index contributed by atoms with van der Waals surface area (Å²) in [6.45, 7) is 7.14. The summed E-state index contributed by atoms with van der Waals surface area (Å²) in [5.41, 5.74) is -0.377. The second-order valence-corrected chi connectivity index (χ2v) is 8.23. The van der Waals surface area contributed by atoms with Crippen LogP contribution in [0.4, 0.5) is 4.39 Å². The number of rotatable bonds is 5. The molecule has 1 aromatic carbocycles. The number of hydrogen-bond acceptors (Lipinski definition) is 2. The van der Waals surface area contributed by atoms with Gasteiger partial charge in [0.2, 0.25) is 0 Å². The first kappa shape index (κ1) is 17.6. The van der Waals surface area contributed by atoms with E-state index >= 15 is 0 Å². The van der Waals surface area contributed by atoms with Crippen molar-refractivity contribution in [2.24, 2.45) is 0 Å². The smallest absolute Gasteiger partial charge is 0.142 e. The van der Waals surface area contributed by atoms with Crippen molar-refractivity contribution in [2.45, 2.75) is 44.4 Å². The summed E-state index contributed by atoms with van der Waals surface area (Å²) in [5, 5.41) is 9.25. The highest BCUT2D eigenvalue weighted by molar-refractivity contribution is 7.84. The summed E-state index contributed by atoms with van der Waals surface area (Å²) >= 11 is 6.02. The lowest BCUT2D eigenvalue weighted by Crippen LogP contribution is -2.47. The van der Waals surface area contributed by atoms with Crippen LogP contribution in [0.5, 0.6) is 0 Å². The van der Waals surface area contributed by atoms with Crippen molar-refractivity contribution in [3.8, 4) is 0 Å². The Morgan fingerprint density at radius 2 is 1.95 bits per heavy atom. The summed E-state index contributed by atoms with van der Waals surface area (Å²) in [4.78, 5) is 0. The van der Waals surface area contributed by atoms with Crippen LogP contribution in [0.25, 0.3) is 0 Å². The predicted octanol–water partition coefficient (Wildman–Crippen LogP) is 3.13. The van der Waals surface area contributed by atoms with Crippen LogP contribution >= 0.6 is 11.6 Å². The van der Waals surface area contributed by atoms with E-state index in [0.29, 0.717) is 5.56 Å². The normalized spacial score (nSPS) is 16.8. The van der Waals surface area contributed by atoms with Gasteiger partial charge in [0.05, 0.1) is 26.3 Å². The molecule has 2 atom stereocenters. The molecule has 0 aromatic heterocycles. The summed E-state index contributed by atoms with van der Waals surface area (Å²) in [7, 11) is -1.37. The van der Waals surface area contributed by atoms with Crippen LogP contribution in [0.1, 0.15) is 39.7 Å². The summed E-state index contributed by atoms with van der Waals surface area (Å²) < 4.78 is 28.4. The van der Waals surface area contributed by atoms with E-state index in [1.54, 1.807) is 19.1 Å². The maximum absolute atomic E-state index is 13.6. The third-order valence-electron chi connectivity index (χ3n) is 3.03. The molecule has 1 rings (SSSR count). The minimum Gasteiger partial charge on any atom is -0.396 e. The van der Waals surface area contributed by atoms with Crippen LogP contribution in [-0.4, -0.2) is 20.7 Å². The zero-order chi connectivity index (χ0) is 15.6. The molecule has 1 aromatic rings. The Labute approximate surface area is 127 Å². The van der Waals surface area contributed by atoms with Crippen LogP contribution in [0, 0.1) is 5.82 Å². The molecular formula is C14H21ClFNO2S. The van der Waals surface area contributed by atoms with E-state index in [1.165, 1.54) is 6.07 Å². The fourth-order valence-electron chi connectivity index (χ4n) is 1.75. The van der Waals surface area contributed by atoms with Crippen molar-refractivity contribution in [3.05, 3.63) is 34.6 Å². The van der Waals surface area contributed by atoms with Crippen molar-refractivity contribution in [2.75, 3.05) is 6.61 Å². The number of nitrogens with one attached hydrogen (secondary N) is 1. The minimum absolute atomic E-state index is 0.0122. The van der Waals surface area contributed by atoms with Gasteiger partial charge in [-0.15, -0.1) is 0 Å². The van der Waals surface area contributed by atoms with Crippen LogP contribution in [0.15, 0.2) is 18.2 Å². The van der Waals surface area contributed by atoms with Crippen LogP contribution in [0.3, 0.4) is 0 Å². The van der Waals surface area contributed by atoms with Gasteiger partial charge in [-0.25, -0.2) is 13.3 Å². The van der Waals surface area contributed by atoms with Crippen LogP contribution < -0.4 is 4.72 Å². The largest absolute Gasteiger partial charge is 0.396 e. The first-order valence-electron chi connectivity index (χ1n) is 6.37. The van der Waals surface area contributed by atoms with Gasteiger partial charge in [-0.05, 0) is 45.7 Å². The van der Waals surface area contributed by atoms with Crippen molar-refractivity contribution in [3.63, 3.8) is 0 Å². The highest BCUT2D eigenvalue weighted by Gasteiger charge is 2.34. The maximum atomic E-state index is 13.6. The molecule has 0 saturated heterocycles. The van der Waals surface area contributed by atoms with Gasteiger partial charge in [0, 0.05) is 6.61 Å². The third-order valence-corrected chi connectivity index (χ3v) is 5.16. The molecule has 0 aliphatic heterocycles. The number of hydrogen-bond donors (Lipinski definition) is 2. The van der Waals surface area contributed by atoms with Crippen LogP contribution in [-0.2, 0) is 16.5 Å². The Morgan fingerprint density at radius 3 is 2.45 bits per heavy atom. The molecule has 0 spiro atoms. The third kappa shape index (κ3) is 4.01. The first-order valence-corrected chi connectivity index (χ1v) is 7.89. The fourth-order valence-corrected chi connectivity index (χ4v) is 3.01. The quantitative estimate of drug-likeness (QED) is 0.875. The van der Waals surface area contributed by atoms with Gasteiger partial charge in [-0.1, -0.05) is 23.7 Å². The number of aliphatic hydroxyl groups is 1. The molecule has 0 saturated carbocycles. The zero-order valence-electron chi connectivity index (χ0n) is 12.2. The average molecular weight is 322 g/mol. The molecule has 20 heavy (non-hydrogen) atoms. The van der Waals surface area contributed by atoms with E-state index in [9.17, 15) is 13.7 Å². The summed E-state index contributed by atoms with van der Waals surface area (Å²) in [5.74, 6) is -0.531. The van der Waals surface area contributed by atoms with Gasteiger partial charge in [-0.3, -0.25) is 0 Å². The van der Waals surface area contributed by atoms with E-state index in [0.717, 1.165) is 0 Å². The van der Waals surface area contributed by atoms with Gasteiger partial charge in [-0.2, -0.15) is 0 Å². The summed E-state index contributed by atoms with van der Waals surface area (Å²) in [6, 6.07) is 4.49. The van der Waals surface area contributed by atoms with E-state index < -0.39 is 27.1 Å². The highest BCUT2D eigenvalue weighted by Crippen LogP contribution is 2.33. The molecule has 0 aliphatic rings. The van der Waals surface area contributed by atoms with E-state index in [2.05, 4.69) is 4.72 Å². The lowest BCUT2D eigenvalue weighted by atomic mass is 9.90. The molecule has 6 heteroatoms. The highest BCUT2D eigenvalue weighted by atomic mass is 35.5. The van der Waals surface area contributed by atoms with Crippen molar-refractivity contribution < 1.29 is 13.7 Å². The van der Waals surface area contributed by atoms with Gasteiger partial charge in [0.25, 0.3) is 0 Å². The molecular weight excluding hydrogens is 301 g/mol. The number of aliphatic hydroxyl groups excluding tert-OH is 1. The average Bonchev–Trinajstić information content (AvgIpc) is 2.31. The second-order valence-electron chi connectivity index (χ2n) is 5.89. The lowest BCUT2D eigenvalue weighted by Gasteiger charge is -2.34. The molecule has 114 valence electrons. The van der Waals surface area contributed by atoms with Crippen LogP contribution in [0.2, 0.25) is 5.02 Å². The van der Waals surface area contributed by atoms with Gasteiger partial charge in [0.1, 0.15) is 5.82 Å². The van der Waals surface area contributed by atoms with E-state index in [4.69, 9.17) is 11.6 Å². The predicted molar refractivity (Wildman–Crippen MR) is 81.5 cm³/mol. The number of halogens is 2. The zero-order valence-corrected chi connectivity index (χ0v) is 13.7. The Hall–Kier alpha value is -0.490. The molecule has 0 radical (unpaired) electrons. The van der Waals surface area contributed by atoms with Gasteiger partial charge in [0.15, 0.2) is 0 Å². The van der Waals surface area contributed by atoms with Crippen molar-refractivity contribution >= 4 is 22.6 Å². The topological polar surface area (TPSA) is 49.3 Å². The lowest BCUT2D eigenvalue weighted by molar-refractivity contribution is 0.238. The Morgan fingerprint density at radius 1 is 1.35 bits per heavy atom. The number of benzene rings is 1. The van der Waals surface area contributed by atoms with Gasteiger partial charge < -0.3 is 5.11 Å². The fraction of sp³-hybridized carbons (Fsp3) is 0.571. The Kier molecular flexibility index (Phi) is 5.72. The maximum Gasteiger partial charge on any atom is 0.142 e. The molecule has 3 nitrogen and oxygen atoms in total. The second kappa shape index (κ2) is 6.52. The molecule has 0 bridgehead atoms. The Bertz CT molecular complexity index is 504. The molecule has 2 N–H and O–H groups in total. The summed E-state index contributed by atoms with van der Waals surface area (Å²) in [6.07, 6.45) is 0.276. The minimum atomic E-state index is -1.37. The molecule has 0 amide bonds. The molecule has 1 unspecified atom stereocenters. The first-order chi connectivity index (χ1) is 9.12. The molecule has 0 aliphatic carbocycles. The Balaban J connectivity index is 3.21.